The van der Waals surface area contributed by atoms with Crippen LogP contribution in [0.3, 0.4) is 0 Å². The SMILES string of the molecule is COc1ccc(NC(=O)CSCC(O)CO)cc1Cl. The summed E-state index contributed by atoms with van der Waals surface area (Å²) in [4.78, 5) is 11.6. The van der Waals surface area contributed by atoms with Gasteiger partial charge in [0.05, 0.1) is 30.6 Å². The second-order valence-electron chi connectivity index (χ2n) is 3.75. The molecule has 0 aliphatic heterocycles. The molecule has 1 unspecified atom stereocenters. The highest BCUT2D eigenvalue weighted by molar-refractivity contribution is 8.00. The van der Waals surface area contributed by atoms with E-state index >= 15 is 0 Å². The Balaban J connectivity index is 2.42. The molecule has 1 atom stereocenters. The molecule has 1 amide bonds. The van der Waals surface area contributed by atoms with E-state index in [0.717, 1.165) is 0 Å². The Morgan fingerprint density at radius 1 is 1.58 bits per heavy atom. The number of aliphatic hydroxyl groups excluding tert-OH is 2. The number of benzene rings is 1. The number of halogens is 1. The van der Waals surface area contributed by atoms with Crippen molar-refractivity contribution in [2.24, 2.45) is 0 Å². The first-order chi connectivity index (χ1) is 9.06. The van der Waals surface area contributed by atoms with Gasteiger partial charge in [0, 0.05) is 11.4 Å². The summed E-state index contributed by atoms with van der Waals surface area (Å²) in [5.74, 6) is 0.852. The highest BCUT2D eigenvalue weighted by Gasteiger charge is 2.07. The highest BCUT2D eigenvalue weighted by Crippen LogP contribution is 2.27. The standard InChI is InChI=1S/C12H16ClNO4S/c1-18-11-3-2-8(4-10(11)13)14-12(17)7-19-6-9(16)5-15/h2-4,9,15-16H,5-7H2,1H3,(H,14,17). The molecule has 0 aliphatic carbocycles. The third kappa shape index (κ3) is 5.69. The summed E-state index contributed by atoms with van der Waals surface area (Å²) in [5.41, 5.74) is 0.583. The van der Waals surface area contributed by atoms with E-state index < -0.39 is 6.10 Å². The van der Waals surface area contributed by atoms with Gasteiger partial charge >= 0.3 is 0 Å². The molecule has 0 aromatic heterocycles. The average molecular weight is 306 g/mol. The Morgan fingerprint density at radius 2 is 2.32 bits per heavy atom. The maximum atomic E-state index is 11.6. The summed E-state index contributed by atoms with van der Waals surface area (Å²) in [6.07, 6.45) is -0.798. The van der Waals surface area contributed by atoms with Crippen LogP contribution in [0.1, 0.15) is 0 Å². The molecule has 0 saturated heterocycles. The van der Waals surface area contributed by atoms with Gasteiger partial charge in [0.25, 0.3) is 0 Å². The van der Waals surface area contributed by atoms with Crippen LogP contribution in [0.2, 0.25) is 5.02 Å². The van der Waals surface area contributed by atoms with Gasteiger partial charge in [0.2, 0.25) is 5.91 Å². The molecule has 1 aromatic carbocycles. The van der Waals surface area contributed by atoms with Crippen LogP contribution in [0.25, 0.3) is 0 Å². The number of thioether (sulfide) groups is 1. The van der Waals surface area contributed by atoms with E-state index in [-0.39, 0.29) is 18.3 Å². The fraction of sp³-hybridized carbons (Fsp3) is 0.417. The van der Waals surface area contributed by atoms with Crippen molar-refractivity contribution in [1.82, 2.24) is 0 Å². The largest absolute Gasteiger partial charge is 0.495 e. The van der Waals surface area contributed by atoms with E-state index in [2.05, 4.69) is 5.32 Å². The van der Waals surface area contributed by atoms with Crippen molar-refractivity contribution < 1.29 is 19.7 Å². The molecule has 0 spiro atoms. The van der Waals surface area contributed by atoms with E-state index in [1.165, 1.54) is 18.9 Å². The van der Waals surface area contributed by atoms with Crippen LogP contribution in [0, 0.1) is 0 Å². The number of carbonyl (C=O) groups excluding carboxylic acids is 1. The van der Waals surface area contributed by atoms with Crippen LogP contribution in [-0.4, -0.2) is 47.4 Å². The molecule has 0 saturated carbocycles. The number of nitrogens with one attached hydrogen (secondary N) is 1. The van der Waals surface area contributed by atoms with Crippen molar-refractivity contribution in [1.29, 1.82) is 0 Å². The molecule has 0 bridgehead atoms. The molecular formula is C12H16ClNO4S. The number of rotatable bonds is 7. The highest BCUT2D eigenvalue weighted by atomic mass is 35.5. The molecule has 0 fully saturated rings. The minimum absolute atomic E-state index is 0.195. The molecule has 0 heterocycles. The van der Waals surface area contributed by atoms with Crippen LogP contribution in [0.15, 0.2) is 18.2 Å². The monoisotopic (exact) mass is 305 g/mol. The van der Waals surface area contributed by atoms with Crippen LogP contribution < -0.4 is 10.1 Å². The van der Waals surface area contributed by atoms with Crippen molar-refractivity contribution in [3.05, 3.63) is 23.2 Å². The molecule has 19 heavy (non-hydrogen) atoms. The maximum Gasteiger partial charge on any atom is 0.234 e. The maximum absolute atomic E-state index is 11.6. The fourth-order valence-electron chi connectivity index (χ4n) is 1.28. The first-order valence-corrected chi connectivity index (χ1v) is 7.10. The number of methoxy groups -OCH3 is 1. The number of ether oxygens (including phenoxy) is 1. The van der Waals surface area contributed by atoms with Gasteiger partial charge in [-0.15, -0.1) is 11.8 Å². The van der Waals surface area contributed by atoms with Crippen molar-refractivity contribution in [2.45, 2.75) is 6.10 Å². The topological polar surface area (TPSA) is 78.8 Å². The van der Waals surface area contributed by atoms with Gasteiger partial charge in [0.15, 0.2) is 0 Å². The van der Waals surface area contributed by atoms with E-state index in [4.69, 9.17) is 26.6 Å². The number of hydrogen-bond acceptors (Lipinski definition) is 5. The predicted molar refractivity (Wildman–Crippen MR) is 77.1 cm³/mol. The number of aliphatic hydroxyl groups is 2. The summed E-state index contributed by atoms with van der Waals surface area (Å²) in [5, 5.41) is 20.8. The Hall–Kier alpha value is -0.950. The lowest BCUT2D eigenvalue weighted by atomic mass is 10.3. The molecule has 7 heteroatoms. The summed E-state index contributed by atoms with van der Waals surface area (Å²) in [6, 6.07) is 4.96. The number of amides is 1. The Bertz CT molecular complexity index is 430. The van der Waals surface area contributed by atoms with E-state index in [9.17, 15) is 4.79 Å². The average Bonchev–Trinajstić information content (AvgIpc) is 2.38. The van der Waals surface area contributed by atoms with Crippen LogP contribution >= 0.6 is 23.4 Å². The zero-order valence-electron chi connectivity index (χ0n) is 10.4. The molecular weight excluding hydrogens is 290 g/mol. The summed E-state index contributed by atoms with van der Waals surface area (Å²) in [7, 11) is 1.52. The van der Waals surface area contributed by atoms with Gasteiger partial charge in [0.1, 0.15) is 5.75 Å². The van der Waals surface area contributed by atoms with Gasteiger partial charge in [-0.05, 0) is 18.2 Å². The lowest BCUT2D eigenvalue weighted by Gasteiger charge is -2.09. The predicted octanol–water partition coefficient (Wildman–Crippen LogP) is 1.37. The Kier molecular flexibility index (Phi) is 7.01. The number of carbonyl (C=O) groups is 1. The number of hydrogen-bond donors (Lipinski definition) is 3. The first-order valence-electron chi connectivity index (χ1n) is 5.57. The van der Waals surface area contributed by atoms with Gasteiger partial charge in [-0.25, -0.2) is 0 Å². The zero-order chi connectivity index (χ0) is 14.3. The molecule has 1 rings (SSSR count). The third-order valence-corrected chi connectivity index (χ3v) is 3.57. The van der Waals surface area contributed by atoms with Crippen molar-refractivity contribution in [3.63, 3.8) is 0 Å². The molecule has 5 nitrogen and oxygen atoms in total. The Morgan fingerprint density at radius 3 is 2.89 bits per heavy atom. The summed E-state index contributed by atoms with van der Waals surface area (Å²) in [6.45, 7) is -0.303. The lowest BCUT2D eigenvalue weighted by molar-refractivity contribution is -0.113. The van der Waals surface area contributed by atoms with Crippen molar-refractivity contribution in [3.8, 4) is 5.75 Å². The molecule has 1 aromatic rings. The minimum atomic E-state index is -0.798. The van der Waals surface area contributed by atoms with Crippen molar-refractivity contribution in [2.75, 3.05) is 30.5 Å². The quantitative estimate of drug-likeness (QED) is 0.709. The third-order valence-electron chi connectivity index (χ3n) is 2.19. The van der Waals surface area contributed by atoms with Crippen LogP contribution in [-0.2, 0) is 4.79 Å². The van der Waals surface area contributed by atoms with Crippen LogP contribution in [0.4, 0.5) is 5.69 Å². The molecule has 3 N–H and O–H groups in total. The second-order valence-corrected chi connectivity index (χ2v) is 5.19. The molecule has 0 radical (unpaired) electrons. The van der Waals surface area contributed by atoms with Gasteiger partial charge in [-0.1, -0.05) is 11.6 Å². The van der Waals surface area contributed by atoms with Gasteiger partial charge in [-0.2, -0.15) is 0 Å². The van der Waals surface area contributed by atoms with Gasteiger partial charge in [-0.3, -0.25) is 4.79 Å². The van der Waals surface area contributed by atoms with Crippen LogP contribution in [0.5, 0.6) is 5.75 Å². The smallest absolute Gasteiger partial charge is 0.234 e. The normalized spacial score (nSPS) is 12.0. The van der Waals surface area contributed by atoms with Gasteiger partial charge < -0.3 is 20.3 Å². The number of anilines is 1. The molecule has 106 valence electrons. The molecule has 0 aliphatic rings. The van der Waals surface area contributed by atoms with E-state index in [1.54, 1.807) is 18.2 Å². The Labute approximate surface area is 120 Å². The fourth-order valence-corrected chi connectivity index (χ4v) is 2.29. The summed E-state index contributed by atoms with van der Waals surface area (Å²) >= 11 is 7.18. The second kappa shape index (κ2) is 8.27. The lowest BCUT2D eigenvalue weighted by Crippen LogP contribution is -2.19. The minimum Gasteiger partial charge on any atom is -0.495 e. The van der Waals surface area contributed by atoms with Crippen molar-refractivity contribution >= 4 is 35.0 Å². The van der Waals surface area contributed by atoms with E-state index in [0.29, 0.717) is 22.2 Å². The first kappa shape index (κ1) is 16.1. The van der Waals surface area contributed by atoms with E-state index in [1.807, 2.05) is 0 Å². The summed E-state index contributed by atoms with van der Waals surface area (Å²) < 4.78 is 5.01. The zero-order valence-corrected chi connectivity index (χ0v) is 12.0.